The molecule has 78 valence electrons. The molecule has 2 N–H and O–H groups in total. The molecule has 1 aromatic rings. The Balaban J connectivity index is 2.87. The molecular formula is C10H13ClFNO. The smallest absolute Gasteiger partial charge is 0.166 e. The summed E-state index contributed by atoms with van der Waals surface area (Å²) in [4.78, 5) is 0. The van der Waals surface area contributed by atoms with E-state index in [1.165, 1.54) is 12.1 Å². The second-order valence-electron chi connectivity index (χ2n) is 3.64. The maximum atomic E-state index is 13.3. The number of rotatable bonds is 3. The average molecular weight is 218 g/mol. The molecule has 0 amide bonds. The predicted molar refractivity (Wildman–Crippen MR) is 55.2 cm³/mol. The van der Waals surface area contributed by atoms with Crippen LogP contribution in [0.4, 0.5) is 4.39 Å². The van der Waals surface area contributed by atoms with E-state index in [1.54, 1.807) is 19.9 Å². The highest BCUT2D eigenvalue weighted by atomic mass is 35.5. The van der Waals surface area contributed by atoms with Gasteiger partial charge in [-0.1, -0.05) is 11.6 Å². The highest BCUT2D eigenvalue weighted by Gasteiger charge is 2.19. The summed E-state index contributed by atoms with van der Waals surface area (Å²) in [7, 11) is 0. The van der Waals surface area contributed by atoms with Crippen molar-refractivity contribution in [2.75, 3.05) is 6.54 Å². The molecule has 0 heterocycles. The van der Waals surface area contributed by atoms with Crippen LogP contribution in [0.25, 0.3) is 0 Å². The lowest BCUT2D eigenvalue weighted by atomic mass is 10.1. The van der Waals surface area contributed by atoms with Gasteiger partial charge in [-0.15, -0.1) is 0 Å². The normalized spacial score (nSPS) is 11.5. The quantitative estimate of drug-likeness (QED) is 0.845. The largest absolute Gasteiger partial charge is 0.483 e. The van der Waals surface area contributed by atoms with Gasteiger partial charge >= 0.3 is 0 Å². The van der Waals surface area contributed by atoms with Gasteiger partial charge in [-0.2, -0.15) is 0 Å². The summed E-state index contributed by atoms with van der Waals surface area (Å²) in [5.41, 5.74) is 4.89. The van der Waals surface area contributed by atoms with Gasteiger partial charge < -0.3 is 10.5 Å². The Morgan fingerprint density at radius 1 is 1.50 bits per heavy atom. The summed E-state index contributed by atoms with van der Waals surface area (Å²) in [6.07, 6.45) is 0. The maximum Gasteiger partial charge on any atom is 0.166 e. The van der Waals surface area contributed by atoms with Gasteiger partial charge in [0.2, 0.25) is 0 Å². The zero-order chi connectivity index (χ0) is 10.8. The zero-order valence-corrected chi connectivity index (χ0v) is 8.94. The summed E-state index contributed by atoms with van der Waals surface area (Å²) < 4.78 is 18.6. The molecule has 0 saturated heterocycles. The minimum atomic E-state index is -0.575. The van der Waals surface area contributed by atoms with E-state index < -0.39 is 11.4 Å². The first kappa shape index (κ1) is 11.3. The van der Waals surface area contributed by atoms with E-state index in [1.807, 2.05) is 0 Å². The van der Waals surface area contributed by atoms with Gasteiger partial charge in [0.1, 0.15) is 5.60 Å². The van der Waals surface area contributed by atoms with Crippen molar-refractivity contribution in [3.8, 4) is 5.75 Å². The first-order valence-corrected chi connectivity index (χ1v) is 4.66. The average Bonchev–Trinajstić information content (AvgIpc) is 2.10. The molecule has 0 aliphatic heterocycles. The van der Waals surface area contributed by atoms with E-state index in [2.05, 4.69) is 0 Å². The summed E-state index contributed by atoms with van der Waals surface area (Å²) in [5, 5.41) is 0.348. The Morgan fingerprint density at radius 2 is 2.14 bits per heavy atom. The number of benzene rings is 1. The molecule has 0 unspecified atom stereocenters. The number of nitrogens with two attached hydrogens (primary N) is 1. The number of hydrogen-bond donors (Lipinski definition) is 1. The Bertz CT molecular complexity index is 328. The lowest BCUT2D eigenvalue weighted by Crippen LogP contribution is -2.37. The third-order valence-electron chi connectivity index (χ3n) is 1.77. The van der Waals surface area contributed by atoms with Crippen molar-refractivity contribution in [3.63, 3.8) is 0 Å². The van der Waals surface area contributed by atoms with Gasteiger partial charge in [0, 0.05) is 11.6 Å². The Morgan fingerprint density at radius 3 is 2.64 bits per heavy atom. The molecule has 0 bridgehead atoms. The van der Waals surface area contributed by atoms with Crippen LogP contribution < -0.4 is 10.5 Å². The number of halogens is 2. The zero-order valence-electron chi connectivity index (χ0n) is 8.18. The molecule has 1 rings (SSSR count). The Hall–Kier alpha value is -0.800. The standard InChI is InChI=1S/C10H13ClFNO/c1-10(2,6-13)14-9-4-3-7(11)5-8(9)12/h3-5H,6,13H2,1-2H3. The minimum absolute atomic E-state index is 0.171. The lowest BCUT2D eigenvalue weighted by Gasteiger charge is -2.24. The molecule has 0 atom stereocenters. The minimum Gasteiger partial charge on any atom is -0.483 e. The highest BCUT2D eigenvalue weighted by Crippen LogP contribution is 2.24. The lowest BCUT2D eigenvalue weighted by molar-refractivity contribution is 0.113. The molecule has 0 saturated carbocycles. The van der Waals surface area contributed by atoms with Crippen LogP contribution in [0, 0.1) is 5.82 Å². The molecule has 0 aliphatic carbocycles. The van der Waals surface area contributed by atoms with Crippen molar-refractivity contribution >= 4 is 11.6 Å². The third kappa shape index (κ3) is 2.86. The summed E-state index contributed by atoms with van der Waals surface area (Å²) >= 11 is 5.60. The van der Waals surface area contributed by atoms with Crippen LogP contribution in [0.1, 0.15) is 13.8 Å². The van der Waals surface area contributed by atoms with Crippen molar-refractivity contribution in [3.05, 3.63) is 29.0 Å². The first-order valence-electron chi connectivity index (χ1n) is 4.29. The molecule has 0 spiro atoms. The van der Waals surface area contributed by atoms with Crippen molar-refractivity contribution < 1.29 is 9.13 Å². The fourth-order valence-electron chi connectivity index (χ4n) is 0.897. The highest BCUT2D eigenvalue weighted by molar-refractivity contribution is 6.30. The van der Waals surface area contributed by atoms with Crippen LogP contribution in [0.15, 0.2) is 18.2 Å². The Kier molecular flexibility index (Phi) is 3.34. The van der Waals surface area contributed by atoms with Gasteiger partial charge in [-0.3, -0.25) is 0 Å². The molecule has 0 aliphatic rings. The summed E-state index contributed by atoms with van der Waals surface area (Å²) in [5.74, 6) is -0.302. The fourth-order valence-corrected chi connectivity index (χ4v) is 1.06. The van der Waals surface area contributed by atoms with Crippen LogP contribution in [0.5, 0.6) is 5.75 Å². The van der Waals surface area contributed by atoms with Gasteiger partial charge in [0.05, 0.1) is 0 Å². The van der Waals surface area contributed by atoms with Crippen molar-refractivity contribution in [2.24, 2.45) is 5.73 Å². The molecular weight excluding hydrogens is 205 g/mol. The second-order valence-corrected chi connectivity index (χ2v) is 4.08. The molecule has 4 heteroatoms. The first-order chi connectivity index (χ1) is 6.44. The fraction of sp³-hybridized carbons (Fsp3) is 0.400. The number of hydrogen-bond acceptors (Lipinski definition) is 2. The molecule has 2 nitrogen and oxygen atoms in total. The molecule has 14 heavy (non-hydrogen) atoms. The monoisotopic (exact) mass is 217 g/mol. The third-order valence-corrected chi connectivity index (χ3v) is 2.01. The molecule has 0 aromatic heterocycles. The van der Waals surface area contributed by atoms with Gasteiger partial charge in [0.25, 0.3) is 0 Å². The summed E-state index contributed by atoms with van der Waals surface area (Å²) in [6.45, 7) is 3.90. The predicted octanol–water partition coefficient (Wildman–Crippen LogP) is 2.60. The molecule has 1 aromatic carbocycles. The van der Waals surface area contributed by atoms with Crippen LogP contribution in [-0.2, 0) is 0 Å². The SMILES string of the molecule is CC(C)(CN)Oc1ccc(Cl)cc1F. The van der Waals surface area contributed by atoms with Crippen LogP contribution in [0.2, 0.25) is 5.02 Å². The van der Waals surface area contributed by atoms with Gasteiger partial charge in [-0.05, 0) is 32.0 Å². The van der Waals surface area contributed by atoms with E-state index in [9.17, 15) is 4.39 Å². The van der Waals surface area contributed by atoms with Gasteiger partial charge in [0.15, 0.2) is 11.6 Å². The van der Waals surface area contributed by atoms with E-state index in [4.69, 9.17) is 22.1 Å². The maximum absolute atomic E-state index is 13.3. The van der Waals surface area contributed by atoms with E-state index in [0.29, 0.717) is 11.6 Å². The van der Waals surface area contributed by atoms with Crippen LogP contribution in [0.3, 0.4) is 0 Å². The molecule has 0 fully saturated rings. The van der Waals surface area contributed by atoms with Crippen molar-refractivity contribution in [2.45, 2.75) is 19.4 Å². The van der Waals surface area contributed by atoms with Crippen LogP contribution in [-0.4, -0.2) is 12.1 Å². The topological polar surface area (TPSA) is 35.2 Å². The Labute approximate surface area is 87.8 Å². The van der Waals surface area contributed by atoms with Crippen molar-refractivity contribution in [1.82, 2.24) is 0 Å². The van der Waals surface area contributed by atoms with E-state index >= 15 is 0 Å². The van der Waals surface area contributed by atoms with E-state index in [-0.39, 0.29) is 5.75 Å². The van der Waals surface area contributed by atoms with Crippen LogP contribution >= 0.6 is 11.6 Å². The molecule has 0 radical (unpaired) electrons. The summed E-state index contributed by atoms with van der Waals surface area (Å²) in [6, 6.07) is 4.28. The number of ether oxygens (including phenoxy) is 1. The van der Waals surface area contributed by atoms with Crippen molar-refractivity contribution in [1.29, 1.82) is 0 Å². The van der Waals surface area contributed by atoms with E-state index in [0.717, 1.165) is 0 Å². The van der Waals surface area contributed by atoms with Gasteiger partial charge in [-0.25, -0.2) is 4.39 Å². The second kappa shape index (κ2) is 4.15.